The van der Waals surface area contributed by atoms with E-state index in [4.69, 9.17) is 0 Å². The third-order valence-corrected chi connectivity index (χ3v) is 1.62. The summed E-state index contributed by atoms with van der Waals surface area (Å²) in [5.74, 6) is 0. The van der Waals surface area contributed by atoms with Crippen molar-refractivity contribution in [3.63, 3.8) is 0 Å². The average Bonchev–Trinajstić information content (AvgIpc) is 1.90. The highest BCUT2D eigenvalue weighted by Crippen LogP contribution is 1.94. The summed E-state index contributed by atoms with van der Waals surface area (Å²) in [6.07, 6.45) is 3.88. The predicted octanol–water partition coefficient (Wildman–Crippen LogP) is 3.10. The molecule has 0 aliphatic carbocycles. The van der Waals surface area contributed by atoms with Crippen molar-refractivity contribution in [2.75, 3.05) is 19.6 Å². The molecule has 2 heteroatoms. The summed E-state index contributed by atoms with van der Waals surface area (Å²) in [4.78, 5) is 2.54. The molecule has 0 saturated carbocycles. The van der Waals surface area contributed by atoms with Crippen LogP contribution in [0.3, 0.4) is 0 Å². The summed E-state index contributed by atoms with van der Waals surface area (Å²) in [6, 6.07) is 0. The van der Waals surface area contributed by atoms with Crippen LogP contribution in [0.4, 0.5) is 0 Å². The summed E-state index contributed by atoms with van der Waals surface area (Å²) >= 11 is 0. The van der Waals surface area contributed by atoms with E-state index < -0.39 is 0 Å². The fourth-order valence-electron chi connectivity index (χ4n) is 1.28. The lowest BCUT2D eigenvalue weighted by molar-refractivity contribution is 0.275. The smallest absolute Gasteiger partial charge is 0.00214 e. The Balaban J connectivity index is 0. The Bertz CT molecular complexity index is 52.3. The van der Waals surface area contributed by atoms with E-state index in [1.54, 1.807) is 0 Å². The first-order valence-electron chi connectivity index (χ1n) is 4.57. The summed E-state index contributed by atoms with van der Waals surface area (Å²) in [5.41, 5.74) is 0. The zero-order chi connectivity index (χ0) is 7.82. The van der Waals surface area contributed by atoms with Crippen molar-refractivity contribution in [2.24, 2.45) is 0 Å². The third kappa shape index (κ3) is 8.35. The lowest BCUT2D eigenvalue weighted by Crippen LogP contribution is -2.25. The van der Waals surface area contributed by atoms with E-state index >= 15 is 0 Å². The minimum Gasteiger partial charge on any atom is -0.303 e. The van der Waals surface area contributed by atoms with Gasteiger partial charge in [0.2, 0.25) is 0 Å². The maximum atomic E-state index is 2.54. The molecule has 0 aromatic rings. The van der Waals surface area contributed by atoms with Gasteiger partial charge < -0.3 is 4.90 Å². The van der Waals surface area contributed by atoms with Crippen molar-refractivity contribution in [3.05, 3.63) is 0 Å². The molecule has 0 atom stereocenters. The largest absolute Gasteiger partial charge is 0.303 e. The summed E-state index contributed by atoms with van der Waals surface area (Å²) in [5, 5.41) is 0. The third-order valence-electron chi connectivity index (χ3n) is 1.62. The number of halogens is 1. The fraction of sp³-hybridized carbons (Fsp3) is 1.00. The first-order chi connectivity index (χ1) is 4.85. The van der Waals surface area contributed by atoms with E-state index in [2.05, 4.69) is 25.7 Å². The molecule has 0 radical (unpaired) electrons. The van der Waals surface area contributed by atoms with Crippen molar-refractivity contribution >= 4 is 17.0 Å². The Kier molecular flexibility index (Phi) is 13.3. The van der Waals surface area contributed by atoms with Gasteiger partial charge in [-0.25, -0.2) is 0 Å². The van der Waals surface area contributed by atoms with Gasteiger partial charge in [0.05, 0.1) is 0 Å². The minimum absolute atomic E-state index is 0. The second-order valence-electron chi connectivity index (χ2n) is 2.84. The molecule has 0 heterocycles. The molecule has 0 aromatic heterocycles. The SMILES string of the molecule is Br.CCCN(CCC)CCC. The van der Waals surface area contributed by atoms with E-state index in [1.807, 2.05) is 0 Å². The zero-order valence-corrected chi connectivity index (χ0v) is 9.81. The van der Waals surface area contributed by atoms with Crippen molar-refractivity contribution in [1.29, 1.82) is 0 Å². The molecule has 0 aliphatic heterocycles. The lowest BCUT2D eigenvalue weighted by atomic mass is 10.3. The summed E-state index contributed by atoms with van der Waals surface area (Å²) in [7, 11) is 0. The normalized spacial score (nSPS) is 9.82. The van der Waals surface area contributed by atoms with Crippen LogP contribution in [0.1, 0.15) is 40.0 Å². The number of hydrogen-bond acceptors (Lipinski definition) is 1. The van der Waals surface area contributed by atoms with E-state index in [-0.39, 0.29) is 17.0 Å². The highest BCUT2D eigenvalue weighted by atomic mass is 79.9. The van der Waals surface area contributed by atoms with Crippen LogP contribution in [-0.2, 0) is 0 Å². The maximum Gasteiger partial charge on any atom is -0.00214 e. The number of nitrogens with zero attached hydrogens (tertiary/aromatic N) is 1. The van der Waals surface area contributed by atoms with Crippen molar-refractivity contribution in [2.45, 2.75) is 40.0 Å². The average molecular weight is 224 g/mol. The van der Waals surface area contributed by atoms with Gasteiger partial charge in [-0.15, -0.1) is 17.0 Å². The molecule has 11 heavy (non-hydrogen) atoms. The highest BCUT2D eigenvalue weighted by Gasteiger charge is 1.98. The quantitative estimate of drug-likeness (QED) is 0.670. The summed E-state index contributed by atoms with van der Waals surface area (Å²) < 4.78 is 0. The van der Waals surface area contributed by atoms with Gasteiger partial charge in [0.1, 0.15) is 0 Å². The molecule has 0 spiro atoms. The Morgan fingerprint density at radius 3 is 1.18 bits per heavy atom. The Morgan fingerprint density at radius 1 is 0.727 bits per heavy atom. The van der Waals surface area contributed by atoms with Crippen LogP contribution >= 0.6 is 17.0 Å². The molecule has 0 unspecified atom stereocenters. The molecular weight excluding hydrogens is 202 g/mol. The molecule has 70 valence electrons. The van der Waals surface area contributed by atoms with Crippen LogP contribution in [0.15, 0.2) is 0 Å². The van der Waals surface area contributed by atoms with Crippen molar-refractivity contribution in [3.8, 4) is 0 Å². The maximum absolute atomic E-state index is 2.54. The second kappa shape index (κ2) is 10.4. The highest BCUT2D eigenvalue weighted by molar-refractivity contribution is 8.93. The molecule has 0 fully saturated rings. The Morgan fingerprint density at radius 2 is 1.00 bits per heavy atom. The molecular formula is C9H22BrN. The monoisotopic (exact) mass is 223 g/mol. The molecule has 0 N–H and O–H groups in total. The summed E-state index contributed by atoms with van der Waals surface area (Å²) in [6.45, 7) is 10.6. The Hall–Kier alpha value is 0.440. The van der Waals surface area contributed by atoms with Gasteiger partial charge in [0, 0.05) is 0 Å². The predicted molar refractivity (Wildman–Crippen MR) is 57.6 cm³/mol. The topological polar surface area (TPSA) is 3.24 Å². The van der Waals surface area contributed by atoms with Gasteiger partial charge in [0.25, 0.3) is 0 Å². The van der Waals surface area contributed by atoms with Gasteiger partial charge in [-0.2, -0.15) is 0 Å². The van der Waals surface area contributed by atoms with Gasteiger partial charge in [0.15, 0.2) is 0 Å². The molecule has 0 saturated heterocycles. The van der Waals surface area contributed by atoms with Crippen molar-refractivity contribution < 1.29 is 0 Å². The van der Waals surface area contributed by atoms with Crippen LogP contribution in [0.5, 0.6) is 0 Å². The number of rotatable bonds is 6. The van der Waals surface area contributed by atoms with E-state index in [0.29, 0.717) is 0 Å². The van der Waals surface area contributed by atoms with Gasteiger partial charge in [-0.3, -0.25) is 0 Å². The number of hydrogen-bond donors (Lipinski definition) is 0. The van der Waals surface area contributed by atoms with Gasteiger partial charge in [-0.05, 0) is 38.9 Å². The van der Waals surface area contributed by atoms with Crippen LogP contribution in [0, 0.1) is 0 Å². The van der Waals surface area contributed by atoms with E-state index in [1.165, 1.54) is 38.9 Å². The van der Waals surface area contributed by atoms with Crippen LogP contribution in [0.2, 0.25) is 0 Å². The molecule has 0 aliphatic rings. The molecule has 1 nitrogen and oxygen atoms in total. The van der Waals surface area contributed by atoms with Crippen LogP contribution in [-0.4, -0.2) is 24.5 Å². The minimum atomic E-state index is 0. The van der Waals surface area contributed by atoms with Crippen molar-refractivity contribution in [1.82, 2.24) is 4.90 Å². The molecule has 0 aromatic carbocycles. The fourth-order valence-corrected chi connectivity index (χ4v) is 1.28. The zero-order valence-electron chi connectivity index (χ0n) is 8.10. The molecule has 0 amide bonds. The Labute approximate surface area is 81.9 Å². The van der Waals surface area contributed by atoms with E-state index in [9.17, 15) is 0 Å². The standard InChI is InChI=1S/C9H21N.BrH/c1-4-7-10(8-5-2)9-6-3;/h4-9H2,1-3H3;1H. The first kappa shape index (κ1) is 14.0. The molecule has 0 bridgehead atoms. The first-order valence-corrected chi connectivity index (χ1v) is 4.57. The lowest BCUT2D eigenvalue weighted by Gasteiger charge is -2.19. The van der Waals surface area contributed by atoms with Gasteiger partial charge >= 0.3 is 0 Å². The van der Waals surface area contributed by atoms with Gasteiger partial charge in [-0.1, -0.05) is 20.8 Å². The van der Waals surface area contributed by atoms with Crippen LogP contribution < -0.4 is 0 Å². The van der Waals surface area contributed by atoms with E-state index in [0.717, 1.165) is 0 Å². The molecule has 0 rings (SSSR count). The van der Waals surface area contributed by atoms with Crippen LogP contribution in [0.25, 0.3) is 0 Å². The second-order valence-corrected chi connectivity index (χ2v) is 2.84.